The summed E-state index contributed by atoms with van der Waals surface area (Å²) in [5.74, 6) is 0.949. The Bertz CT molecular complexity index is 551. The molecule has 5 heteroatoms. The minimum absolute atomic E-state index is 0.258. The Balaban J connectivity index is 2.07. The van der Waals surface area contributed by atoms with Crippen molar-refractivity contribution in [3.05, 3.63) is 23.7 Å². The molecule has 0 saturated carbocycles. The average Bonchev–Trinajstić information content (AvgIpc) is 2.83. The third-order valence-corrected chi connectivity index (χ3v) is 3.45. The van der Waals surface area contributed by atoms with E-state index >= 15 is 0 Å². The molecule has 5 nitrogen and oxygen atoms in total. The number of hydrogen-bond donors (Lipinski definition) is 1. The fraction of sp³-hybridized carbons (Fsp3) is 0.500. The Morgan fingerprint density at radius 1 is 1.41 bits per heavy atom. The summed E-state index contributed by atoms with van der Waals surface area (Å²) in [6.07, 6.45) is 4.89. The molecule has 0 amide bonds. The van der Waals surface area contributed by atoms with Crippen molar-refractivity contribution in [3.63, 3.8) is 0 Å². The molecule has 2 aromatic rings. The predicted molar refractivity (Wildman–Crippen MR) is 65.4 cm³/mol. The SMILES string of the molecule is Cn1ccc(-c2nc3c(n2C)CCC(N)C3)n1. The standard InChI is InChI=1S/C12H17N5/c1-16-6-5-9(15-16)12-14-10-7-8(13)3-4-11(10)17(12)2/h5-6,8H,3-4,7,13H2,1-2H3. The van der Waals surface area contributed by atoms with Gasteiger partial charge in [0.05, 0.1) is 5.69 Å². The number of rotatable bonds is 1. The average molecular weight is 231 g/mol. The first-order chi connectivity index (χ1) is 8.15. The Morgan fingerprint density at radius 3 is 2.94 bits per heavy atom. The Labute approximate surface area is 100 Å². The van der Waals surface area contributed by atoms with Crippen LogP contribution in [0.2, 0.25) is 0 Å². The molecule has 2 heterocycles. The molecule has 2 aromatic heterocycles. The van der Waals surface area contributed by atoms with E-state index in [0.29, 0.717) is 0 Å². The lowest BCUT2D eigenvalue weighted by Crippen LogP contribution is -2.28. The van der Waals surface area contributed by atoms with Crippen molar-refractivity contribution in [2.75, 3.05) is 0 Å². The van der Waals surface area contributed by atoms with Crippen LogP contribution in [0.15, 0.2) is 12.3 Å². The molecule has 3 rings (SSSR count). The second-order valence-corrected chi connectivity index (χ2v) is 4.77. The molecule has 1 unspecified atom stereocenters. The van der Waals surface area contributed by atoms with Crippen molar-refractivity contribution < 1.29 is 0 Å². The molecule has 0 radical (unpaired) electrons. The molecule has 17 heavy (non-hydrogen) atoms. The third-order valence-electron chi connectivity index (χ3n) is 3.45. The number of aromatic nitrogens is 4. The largest absolute Gasteiger partial charge is 0.330 e. The van der Waals surface area contributed by atoms with Crippen LogP contribution in [-0.4, -0.2) is 25.4 Å². The highest BCUT2D eigenvalue weighted by atomic mass is 15.3. The van der Waals surface area contributed by atoms with Crippen molar-refractivity contribution in [1.29, 1.82) is 0 Å². The van der Waals surface area contributed by atoms with Crippen LogP contribution in [0.3, 0.4) is 0 Å². The Hall–Kier alpha value is -1.62. The van der Waals surface area contributed by atoms with Crippen LogP contribution in [-0.2, 0) is 26.9 Å². The van der Waals surface area contributed by atoms with Gasteiger partial charge in [0.2, 0.25) is 0 Å². The minimum atomic E-state index is 0.258. The van der Waals surface area contributed by atoms with Crippen molar-refractivity contribution in [2.45, 2.75) is 25.3 Å². The molecule has 0 saturated heterocycles. The lowest BCUT2D eigenvalue weighted by Gasteiger charge is -2.17. The summed E-state index contributed by atoms with van der Waals surface area (Å²) in [7, 11) is 3.98. The van der Waals surface area contributed by atoms with Crippen LogP contribution in [0.5, 0.6) is 0 Å². The van der Waals surface area contributed by atoms with E-state index in [4.69, 9.17) is 10.7 Å². The molecule has 0 spiro atoms. The molecular weight excluding hydrogens is 214 g/mol. The van der Waals surface area contributed by atoms with Gasteiger partial charge >= 0.3 is 0 Å². The highest BCUT2D eigenvalue weighted by molar-refractivity contribution is 5.51. The molecule has 0 fully saturated rings. The summed E-state index contributed by atoms with van der Waals surface area (Å²) in [6, 6.07) is 2.25. The van der Waals surface area contributed by atoms with E-state index in [2.05, 4.69) is 16.7 Å². The van der Waals surface area contributed by atoms with Gasteiger partial charge in [-0.05, 0) is 18.9 Å². The van der Waals surface area contributed by atoms with Gasteiger partial charge in [0.1, 0.15) is 5.69 Å². The van der Waals surface area contributed by atoms with E-state index < -0.39 is 0 Å². The zero-order chi connectivity index (χ0) is 12.0. The number of nitrogens with two attached hydrogens (primary N) is 1. The maximum atomic E-state index is 5.98. The van der Waals surface area contributed by atoms with Crippen LogP contribution in [0.1, 0.15) is 17.8 Å². The first kappa shape index (κ1) is 10.5. The monoisotopic (exact) mass is 231 g/mol. The van der Waals surface area contributed by atoms with E-state index in [1.54, 1.807) is 4.68 Å². The summed E-state index contributed by atoms with van der Waals surface area (Å²) in [6.45, 7) is 0. The van der Waals surface area contributed by atoms with Gasteiger partial charge in [-0.25, -0.2) is 4.98 Å². The lowest BCUT2D eigenvalue weighted by atomic mass is 9.97. The topological polar surface area (TPSA) is 61.7 Å². The van der Waals surface area contributed by atoms with Crippen LogP contribution in [0.4, 0.5) is 0 Å². The maximum Gasteiger partial charge on any atom is 0.160 e. The fourth-order valence-electron chi connectivity index (χ4n) is 2.50. The van der Waals surface area contributed by atoms with Crippen LogP contribution >= 0.6 is 0 Å². The van der Waals surface area contributed by atoms with Gasteiger partial charge in [-0.2, -0.15) is 5.10 Å². The summed E-state index contributed by atoms with van der Waals surface area (Å²) >= 11 is 0. The number of imidazole rings is 1. The van der Waals surface area contributed by atoms with Gasteiger partial charge in [-0.15, -0.1) is 0 Å². The van der Waals surface area contributed by atoms with Gasteiger partial charge < -0.3 is 10.3 Å². The second-order valence-electron chi connectivity index (χ2n) is 4.77. The first-order valence-corrected chi connectivity index (χ1v) is 5.95. The molecule has 0 aliphatic heterocycles. The molecule has 0 bridgehead atoms. The number of nitrogens with zero attached hydrogens (tertiary/aromatic N) is 4. The third kappa shape index (κ3) is 1.67. The van der Waals surface area contributed by atoms with E-state index in [0.717, 1.165) is 36.5 Å². The van der Waals surface area contributed by atoms with Gasteiger partial charge in [0, 0.05) is 38.4 Å². The van der Waals surface area contributed by atoms with Gasteiger partial charge in [0.25, 0.3) is 0 Å². The van der Waals surface area contributed by atoms with E-state index in [-0.39, 0.29) is 6.04 Å². The number of hydrogen-bond acceptors (Lipinski definition) is 3. The lowest BCUT2D eigenvalue weighted by molar-refractivity contribution is 0.554. The van der Waals surface area contributed by atoms with Gasteiger partial charge in [-0.1, -0.05) is 0 Å². The molecule has 90 valence electrons. The van der Waals surface area contributed by atoms with Crippen LogP contribution in [0, 0.1) is 0 Å². The number of aryl methyl sites for hydroxylation is 1. The fourth-order valence-corrected chi connectivity index (χ4v) is 2.50. The summed E-state index contributed by atoms with van der Waals surface area (Å²) in [5.41, 5.74) is 9.37. The summed E-state index contributed by atoms with van der Waals surface area (Å²) < 4.78 is 3.96. The molecular formula is C12H17N5. The molecule has 1 aliphatic carbocycles. The Morgan fingerprint density at radius 2 is 2.24 bits per heavy atom. The van der Waals surface area contributed by atoms with Crippen molar-refractivity contribution in [2.24, 2.45) is 19.8 Å². The highest BCUT2D eigenvalue weighted by Crippen LogP contribution is 2.25. The van der Waals surface area contributed by atoms with Crippen LogP contribution < -0.4 is 5.73 Å². The Kier molecular flexibility index (Phi) is 2.29. The van der Waals surface area contributed by atoms with Crippen LogP contribution in [0.25, 0.3) is 11.5 Å². The predicted octanol–water partition coefficient (Wildman–Crippen LogP) is 0.637. The zero-order valence-electron chi connectivity index (χ0n) is 10.2. The maximum absolute atomic E-state index is 5.98. The van der Waals surface area contributed by atoms with Crippen molar-refractivity contribution >= 4 is 0 Å². The quantitative estimate of drug-likeness (QED) is 0.783. The van der Waals surface area contributed by atoms with E-state index in [9.17, 15) is 0 Å². The van der Waals surface area contributed by atoms with Gasteiger partial charge in [0.15, 0.2) is 5.82 Å². The highest BCUT2D eigenvalue weighted by Gasteiger charge is 2.23. The van der Waals surface area contributed by atoms with Crippen molar-refractivity contribution in [1.82, 2.24) is 19.3 Å². The van der Waals surface area contributed by atoms with E-state index in [1.807, 2.05) is 19.3 Å². The summed E-state index contributed by atoms with van der Waals surface area (Å²) in [5, 5.41) is 4.41. The molecule has 2 N–H and O–H groups in total. The molecule has 0 aromatic carbocycles. The van der Waals surface area contributed by atoms with E-state index in [1.165, 1.54) is 5.69 Å². The molecule has 1 atom stereocenters. The van der Waals surface area contributed by atoms with Gasteiger partial charge in [-0.3, -0.25) is 4.68 Å². The molecule has 1 aliphatic rings. The second kappa shape index (κ2) is 3.70. The smallest absolute Gasteiger partial charge is 0.160 e. The van der Waals surface area contributed by atoms with Crippen molar-refractivity contribution in [3.8, 4) is 11.5 Å². The normalized spacial score (nSPS) is 19.4. The first-order valence-electron chi connectivity index (χ1n) is 5.95. The minimum Gasteiger partial charge on any atom is -0.330 e. The summed E-state index contributed by atoms with van der Waals surface area (Å²) in [4.78, 5) is 4.69. The number of fused-ring (bicyclic) bond motifs is 1. The zero-order valence-corrected chi connectivity index (χ0v) is 10.2.